The highest BCUT2D eigenvalue weighted by Crippen LogP contribution is 2.09. The van der Waals surface area contributed by atoms with Crippen molar-refractivity contribution >= 4 is 17.5 Å². The van der Waals surface area contributed by atoms with E-state index in [-0.39, 0.29) is 11.8 Å². The molecule has 0 spiro atoms. The van der Waals surface area contributed by atoms with Gasteiger partial charge in [-0.05, 0) is 30.0 Å². The molecule has 0 aliphatic carbocycles. The summed E-state index contributed by atoms with van der Waals surface area (Å²) in [6.07, 6.45) is 0.674. The monoisotopic (exact) mass is 277 g/mol. The molecular weight excluding hydrogens is 254 g/mol. The van der Waals surface area contributed by atoms with Gasteiger partial charge < -0.3 is 16.4 Å². The summed E-state index contributed by atoms with van der Waals surface area (Å²) in [5.74, 6) is 0.156. The van der Waals surface area contributed by atoms with Gasteiger partial charge in [-0.2, -0.15) is 0 Å². The van der Waals surface area contributed by atoms with Crippen molar-refractivity contribution in [3.8, 4) is 0 Å². The van der Waals surface area contributed by atoms with E-state index in [2.05, 4.69) is 10.6 Å². The van der Waals surface area contributed by atoms with Crippen LogP contribution in [0.25, 0.3) is 0 Å². The molecule has 2 amide bonds. The molecule has 20 heavy (non-hydrogen) atoms. The molecule has 5 heteroatoms. The van der Waals surface area contributed by atoms with Crippen LogP contribution >= 0.6 is 0 Å². The summed E-state index contributed by atoms with van der Waals surface area (Å²) in [5, 5.41) is 5.50. The van der Waals surface area contributed by atoms with Gasteiger partial charge in [0.2, 0.25) is 11.8 Å². The number of hydrogen-bond acceptors (Lipinski definition) is 3. The van der Waals surface area contributed by atoms with E-state index in [0.29, 0.717) is 18.9 Å². The van der Waals surface area contributed by atoms with E-state index in [1.54, 1.807) is 12.1 Å². The second-order valence-electron chi connectivity index (χ2n) is 5.33. The van der Waals surface area contributed by atoms with Gasteiger partial charge in [-0.1, -0.05) is 26.0 Å². The molecule has 1 atom stereocenters. The van der Waals surface area contributed by atoms with Crippen LogP contribution in [-0.4, -0.2) is 17.9 Å². The molecule has 1 aromatic rings. The lowest BCUT2D eigenvalue weighted by Crippen LogP contribution is -2.41. The lowest BCUT2D eigenvalue weighted by molar-refractivity contribution is -0.122. The van der Waals surface area contributed by atoms with Crippen LogP contribution in [-0.2, 0) is 16.1 Å². The third-order valence-electron chi connectivity index (χ3n) is 2.80. The largest absolute Gasteiger partial charge is 0.351 e. The van der Waals surface area contributed by atoms with Gasteiger partial charge >= 0.3 is 0 Å². The number of anilines is 1. The van der Waals surface area contributed by atoms with Gasteiger partial charge in [0, 0.05) is 19.2 Å². The fourth-order valence-corrected chi connectivity index (χ4v) is 1.84. The number of hydrogen-bond donors (Lipinski definition) is 3. The first-order chi connectivity index (χ1) is 9.38. The van der Waals surface area contributed by atoms with Crippen molar-refractivity contribution in [3.63, 3.8) is 0 Å². The molecule has 0 saturated heterocycles. The smallest absolute Gasteiger partial charge is 0.237 e. The summed E-state index contributed by atoms with van der Waals surface area (Å²) in [5.41, 5.74) is 7.50. The minimum absolute atomic E-state index is 0.106. The van der Waals surface area contributed by atoms with Crippen LogP contribution in [0.4, 0.5) is 5.69 Å². The van der Waals surface area contributed by atoms with Crippen LogP contribution in [0.5, 0.6) is 0 Å². The second kappa shape index (κ2) is 7.65. The molecule has 1 unspecified atom stereocenters. The average molecular weight is 277 g/mol. The molecule has 0 bridgehead atoms. The van der Waals surface area contributed by atoms with Crippen molar-refractivity contribution in [1.82, 2.24) is 5.32 Å². The minimum atomic E-state index is -0.464. The van der Waals surface area contributed by atoms with E-state index >= 15 is 0 Å². The van der Waals surface area contributed by atoms with Crippen molar-refractivity contribution in [2.45, 2.75) is 39.8 Å². The standard InChI is InChI=1S/C15H23N3O2/c1-10(2)8-14(16)15(20)17-9-12-4-6-13(7-5-12)18-11(3)19/h4-7,10,14H,8-9,16H2,1-3H3,(H,17,20)(H,18,19). The third kappa shape index (κ3) is 5.84. The van der Waals surface area contributed by atoms with Gasteiger partial charge in [-0.15, -0.1) is 0 Å². The summed E-state index contributed by atoms with van der Waals surface area (Å²) < 4.78 is 0. The topological polar surface area (TPSA) is 84.2 Å². The number of rotatable bonds is 6. The first kappa shape index (κ1) is 16.2. The van der Waals surface area contributed by atoms with Crippen LogP contribution < -0.4 is 16.4 Å². The Kier molecular flexibility index (Phi) is 6.18. The zero-order chi connectivity index (χ0) is 15.1. The molecule has 110 valence electrons. The Balaban J connectivity index is 2.45. The van der Waals surface area contributed by atoms with E-state index in [9.17, 15) is 9.59 Å². The minimum Gasteiger partial charge on any atom is -0.351 e. The van der Waals surface area contributed by atoms with E-state index < -0.39 is 6.04 Å². The fraction of sp³-hybridized carbons (Fsp3) is 0.467. The van der Waals surface area contributed by atoms with Crippen LogP contribution in [0, 0.1) is 5.92 Å². The van der Waals surface area contributed by atoms with Crippen molar-refractivity contribution < 1.29 is 9.59 Å². The quantitative estimate of drug-likeness (QED) is 0.739. The van der Waals surface area contributed by atoms with Crippen LogP contribution in [0.1, 0.15) is 32.8 Å². The molecule has 5 nitrogen and oxygen atoms in total. The Morgan fingerprint density at radius 3 is 2.30 bits per heavy atom. The summed E-state index contributed by atoms with van der Waals surface area (Å²) in [4.78, 5) is 22.7. The molecule has 0 aromatic heterocycles. The van der Waals surface area contributed by atoms with E-state index in [1.807, 2.05) is 26.0 Å². The Morgan fingerprint density at radius 2 is 1.80 bits per heavy atom. The number of carbonyl (C=O) groups excluding carboxylic acids is 2. The van der Waals surface area contributed by atoms with E-state index in [1.165, 1.54) is 6.92 Å². The lowest BCUT2D eigenvalue weighted by Gasteiger charge is -2.14. The van der Waals surface area contributed by atoms with Crippen molar-refractivity contribution in [1.29, 1.82) is 0 Å². The molecule has 0 heterocycles. The van der Waals surface area contributed by atoms with Crippen LogP contribution in [0.2, 0.25) is 0 Å². The number of nitrogens with two attached hydrogens (primary N) is 1. The fourth-order valence-electron chi connectivity index (χ4n) is 1.84. The Bertz CT molecular complexity index is 455. The average Bonchev–Trinajstić information content (AvgIpc) is 2.36. The summed E-state index contributed by atoms with van der Waals surface area (Å²) in [6.45, 7) is 5.97. The highest BCUT2D eigenvalue weighted by Gasteiger charge is 2.14. The summed E-state index contributed by atoms with van der Waals surface area (Å²) >= 11 is 0. The third-order valence-corrected chi connectivity index (χ3v) is 2.80. The number of amides is 2. The van der Waals surface area contributed by atoms with Crippen molar-refractivity contribution in [2.24, 2.45) is 11.7 Å². The molecule has 1 aromatic carbocycles. The van der Waals surface area contributed by atoms with Gasteiger partial charge in [-0.3, -0.25) is 9.59 Å². The predicted octanol–water partition coefficient (Wildman–Crippen LogP) is 1.63. The highest BCUT2D eigenvalue weighted by atomic mass is 16.2. The Hall–Kier alpha value is -1.88. The maximum atomic E-state index is 11.8. The Labute approximate surface area is 119 Å². The first-order valence-corrected chi connectivity index (χ1v) is 6.78. The normalized spacial score (nSPS) is 12.1. The maximum absolute atomic E-state index is 11.8. The summed E-state index contributed by atoms with van der Waals surface area (Å²) in [7, 11) is 0. The molecular formula is C15H23N3O2. The SMILES string of the molecule is CC(=O)Nc1ccc(CNC(=O)C(N)CC(C)C)cc1. The van der Waals surface area contributed by atoms with E-state index in [0.717, 1.165) is 11.3 Å². The number of benzene rings is 1. The molecule has 1 rings (SSSR count). The van der Waals surface area contributed by atoms with Gasteiger partial charge in [0.1, 0.15) is 0 Å². The van der Waals surface area contributed by atoms with Gasteiger partial charge in [0.05, 0.1) is 6.04 Å². The lowest BCUT2D eigenvalue weighted by atomic mass is 10.0. The first-order valence-electron chi connectivity index (χ1n) is 6.78. The zero-order valence-electron chi connectivity index (χ0n) is 12.3. The molecule has 4 N–H and O–H groups in total. The second-order valence-corrected chi connectivity index (χ2v) is 5.33. The molecule has 0 aliphatic rings. The van der Waals surface area contributed by atoms with Gasteiger partial charge in [0.15, 0.2) is 0 Å². The van der Waals surface area contributed by atoms with Crippen LogP contribution in [0.3, 0.4) is 0 Å². The van der Waals surface area contributed by atoms with E-state index in [4.69, 9.17) is 5.73 Å². The van der Waals surface area contributed by atoms with Crippen molar-refractivity contribution in [3.05, 3.63) is 29.8 Å². The molecule has 0 radical (unpaired) electrons. The summed E-state index contributed by atoms with van der Waals surface area (Å²) in [6, 6.07) is 6.86. The van der Waals surface area contributed by atoms with Crippen LogP contribution in [0.15, 0.2) is 24.3 Å². The zero-order valence-corrected chi connectivity index (χ0v) is 12.3. The van der Waals surface area contributed by atoms with Crippen molar-refractivity contribution in [2.75, 3.05) is 5.32 Å². The molecule has 0 fully saturated rings. The van der Waals surface area contributed by atoms with Gasteiger partial charge in [0.25, 0.3) is 0 Å². The highest BCUT2D eigenvalue weighted by molar-refractivity contribution is 5.88. The Morgan fingerprint density at radius 1 is 1.20 bits per heavy atom. The maximum Gasteiger partial charge on any atom is 0.237 e. The predicted molar refractivity (Wildman–Crippen MR) is 80.0 cm³/mol. The molecule has 0 saturated carbocycles. The number of carbonyl (C=O) groups is 2. The molecule has 0 aliphatic heterocycles. The van der Waals surface area contributed by atoms with Gasteiger partial charge in [-0.25, -0.2) is 0 Å². The number of nitrogens with one attached hydrogen (secondary N) is 2.